The van der Waals surface area contributed by atoms with Gasteiger partial charge in [0.05, 0.1) is 5.52 Å². The Kier molecular flexibility index (Phi) is 2.01. The third-order valence-electron chi connectivity index (χ3n) is 1.96. The summed E-state index contributed by atoms with van der Waals surface area (Å²) < 4.78 is 0.850. The molecule has 4 N–H and O–H groups in total. The summed E-state index contributed by atoms with van der Waals surface area (Å²) in [5.74, 6) is 0.264. The largest absolute Gasteiger partial charge is 0.507 e. The fourth-order valence-corrected chi connectivity index (χ4v) is 1.80. The lowest BCUT2D eigenvalue weighted by Gasteiger charge is -1.95. The number of aromatic hydroxyl groups is 1. The van der Waals surface area contributed by atoms with Crippen LogP contribution in [-0.2, 0) is 6.54 Å². The van der Waals surface area contributed by atoms with E-state index in [1.807, 2.05) is 12.1 Å². The summed E-state index contributed by atoms with van der Waals surface area (Å²) in [4.78, 5) is 3.11. The Morgan fingerprint density at radius 1 is 1.38 bits per heavy atom. The molecule has 4 heteroatoms. The van der Waals surface area contributed by atoms with E-state index in [0.717, 1.165) is 21.1 Å². The van der Waals surface area contributed by atoms with Gasteiger partial charge in [-0.3, -0.25) is 0 Å². The van der Waals surface area contributed by atoms with Crippen LogP contribution in [0, 0.1) is 0 Å². The minimum Gasteiger partial charge on any atom is -0.507 e. The average molecular weight is 241 g/mol. The maximum Gasteiger partial charge on any atom is 0.126 e. The molecule has 0 spiro atoms. The van der Waals surface area contributed by atoms with E-state index in [1.165, 1.54) is 0 Å². The van der Waals surface area contributed by atoms with Crippen LogP contribution in [0.4, 0.5) is 0 Å². The number of fused-ring (bicyclic) bond motifs is 1. The van der Waals surface area contributed by atoms with Crippen LogP contribution >= 0.6 is 15.9 Å². The molecule has 2 rings (SSSR count). The van der Waals surface area contributed by atoms with Gasteiger partial charge in [0.2, 0.25) is 0 Å². The SMILES string of the molecule is NCc1cc2c(O)cc(Br)cc2[nH]1. The van der Waals surface area contributed by atoms with E-state index in [4.69, 9.17) is 5.73 Å². The molecule has 68 valence electrons. The van der Waals surface area contributed by atoms with Crippen LogP contribution in [0.3, 0.4) is 0 Å². The fourth-order valence-electron chi connectivity index (χ4n) is 1.35. The summed E-state index contributed by atoms with van der Waals surface area (Å²) in [6.07, 6.45) is 0. The van der Waals surface area contributed by atoms with Gasteiger partial charge in [-0.25, -0.2) is 0 Å². The first kappa shape index (κ1) is 8.59. The van der Waals surface area contributed by atoms with Crippen molar-refractivity contribution < 1.29 is 5.11 Å². The molecule has 13 heavy (non-hydrogen) atoms. The lowest BCUT2D eigenvalue weighted by Crippen LogP contribution is -1.94. The highest BCUT2D eigenvalue weighted by Gasteiger charge is 2.04. The van der Waals surface area contributed by atoms with Gasteiger partial charge < -0.3 is 15.8 Å². The quantitative estimate of drug-likeness (QED) is 0.715. The molecular formula is C9H9BrN2O. The number of rotatable bonds is 1. The van der Waals surface area contributed by atoms with Gasteiger partial charge in [-0.2, -0.15) is 0 Å². The number of benzene rings is 1. The van der Waals surface area contributed by atoms with Crippen LogP contribution in [-0.4, -0.2) is 10.1 Å². The van der Waals surface area contributed by atoms with E-state index in [-0.39, 0.29) is 5.75 Å². The molecule has 1 aromatic carbocycles. The number of aromatic amines is 1. The molecule has 0 aliphatic rings. The Hall–Kier alpha value is -1.00. The lowest BCUT2D eigenvalue weighted by atomic mass is 10.2. The highest BCUT2D eigenvalue weighted by molar-refractivity contribution is 9.10. The Morgan fingerprint density at radius 3 is 2.85 bits per heavy atom. The highest BCUT2D eigenvalue weighted by atomic mass is 79.9. The van der Waals surface area contributed by atoms with Gasteiger partial charge in [-0.05, 0) is 18.2 Å². The zero-order valence-corrected chi connectivity index (χ0v) is 8.43. The number of H-pyrrole nitrogens is 1. The number of phenols is 1. The van der Waals surface area contributed by atoms with Crippen molar-refractivity contribution in [1.29, 1.82) is 0 Å². The molecule has 0 saturated carbocycles. The van der Waals surface area contributed by atoms with Gasteiger partial charge in [0.15, 0.2) is 0 Å². The van der Waals surface area contributed by atoms with Crippen LogP contribution in [0.25, 0.3) is 10.9 Å². The average Bonchev–Trinajstić information content (AvgIpc) is 2.47. The van der Waals surface area contributed by atoms with Crippen molar-refractivity contribution in [3.63, 3.8) is 0 Å². The second-order valence-electron chi connectivity index (χ2n) is 2.88. The Balaban J connectivity index is 2.75. The maximum atomic E-state index is 9.57. The first-order valence-corrected chi connectivity index (χ1v) is 4.70. The van der Waals surface area contributed by atoms with Gasteiger partial charge in [0.25, 0.3) is 0 Å². The molecule has 0 unspecified atom stereocenters. The standard InChI is InChI=1S/C9H9BrN2O/c10-5-1-8-7(9(13)2-5)3-6(4-11)12-8/h1-3,12-13H,4,11H2. The molecule has 0 atom stereocenters. The van der Waals surface area contributed by atoms with Crippen LogP contribution in [0.5, 0.6) is 5.75 Å². The van der Waals surface area contributed by atoms with Crippen LogP contribution in [0.1, 0.15) is 5.69 Å². The van der Waals surface area contributed by atoms with Crippen molar-refractivity contribution in [1.82, 2.24) is 4.98 Å². The predicted octanol–water partition coefficient (Wildman–Crippen LogP) is 2.09. The Bertz CT molecular complexity index is 450. The van der Waals surface area contributed by atoms with E-state index in [1.54, 1.807) is 6.07 Å². The number of nitrogens with two attached hydrogens (primary N) is 1. The highest BCUT2D eigenvalue weighted by Crippen LogP contribution is 2.29. The smallest absolute Gasteiger partial charge is 0.126 e. The van der Waals surface area contributed by atoms with Crippen molar-refractivity contribution in [2.45, 2.75) is 6.54 Å². The first-order valence-electron chi connectivity index (χ1n) is 3.91. The summed E-state index contributed by atoms with van der Waals surface area (Å²) in [6.45, 7) is 0.450. The van der Waals surface area contributed by atoms with Gasteiger partial charge in [-0.1, -0.05) is 15.9 Å². The van der Waals surface area contributed by atoms with E-state index >= 15 is 0 Å². The van der Waals surface area contributed by atoms with Crippen LogP contribution in [0.2, 0.25) is 0 Å². The molecule has 0 aliphatic carbocycles. The third-order valence-corrected chi connectivity index (χ3v) is 2.41. The van der Waals surface area contributed by atoms with Crippen LogP contribution < -0.4 is 5.73 Å². The molecule has 1 aromatic heterocycles. The number of hydrogen-bond donors (Lipinski definition) is 3. The second-order valence-corrected chi connectivity index (χ2v) is 3.80. The molecule has 0 fully saturated rings. The lowest BCUT2D eigenvalue weighted by molar-refractivity contribution is 0.481. The Labute approximate surface area is 83.7 Å². The molecular weight excluding hydrogens is 232 g/mol. The summed E-state index contributed by atoms with van der Waals surface area (Å²) in [5.41, 5.74) is 7.29. The van der Waals surface area contributed by atoms with E-state index in [2.05, 4.69) is 20.9 Å². The van der Waals surface area contributed by atoms with E-state index < -0.39 is 0 Å². The topological polar surface area (TPSA) is 62.0 Å². The second kappa shape index (κ2) is 3.05. The van der Waals surface area contributed by atoms with Crippen molar-refractivity contribution in [3.8, 4) is 5.75 Å². The number of aromatic nitrogens is 1. The summed E-state index contributed by atoms with van der Waals surface area (Å²) >= 11 is 3.30. The minimum absolute atomic E-state index is 0.264. The molecule has 0 saturated heterocycles. The zero-order valence-electron chi connectivity index (χ0n) is 6.84. The molecule has 3 nitrogen and oxygen atoms in total. The Morgan fingerprint density at radius 2 is 2.15 bits per heavy atom. The van der Waals surface area contributed by atoms with Crippen molar-refractivity contribution in [2.24, 2.45) is 5.73 Å². The van der Waals surface area contributed by atoms with Crippen molar-refractivity contribution in [3.05, 3.63) is 28.4 Å². The first-order chi connectivity index (χ1) is 6.20. The normalized spacial score (nSPS) is 10.9. The number of halogens is 1. The van der Waals surface area contributed by atoms with Crippen molar-refractivity contribution >= 4 is 26.8 Å². The molecule has 2 aromatic rings. The third kappa shape index (κ3) is 1.43. The summed E-state index contributed by atoms with van der Waals surface area (Å²) in [6, 6.07) is 5.43. The monoisotopic (exact) mass is 240 g/mol. The predicted molar refractivity (Wildman–Crippen MR) is 55.6 cm³/mol. The van der Waals surface area contributed by atoms with Crippen molar-refractivity contribution in [2.75, 3.05) is 0 Å². The maximum absolute atomic E-state index is 9.57. The number of hydrogen-bond acceptors (Lipinski definition) is 2. The fraction of sp³-hybridized carbons (Fsp3) is 0.111. The molecule has 1 heterocycles. The molecule has 0 bridgehead atoms. The summed E-state index contributed by atoms with van der Waals surface area (Å²) in [5, 5.41) is 10.4. The van der Waals surface area contributed by atoms with E-state index in [0.29, 0.717) is 6.54 Å². The van der Waals surface area contributed by atoms with Gasteiger partial charge in [0, 0.05) is 22.1 Å². The van der Waals surface area contributed by atoms with Gasteiger partial charge >= 0.3 is 0 Å². The van der Waals surface area contributed by atoms with Gasteiger partial charge in [0.1, 0.15) is 5.75 Å². The number of phenolic OH excluding ortho intramolecular Hbond substituents is 1. The zero-order chi connectivity index (χ0) is 9.42. The summed E-state index contributed by atoms with van der Waals surface area (Å²) in [7, 11) is 0. The minimum atomic E-state index is 0.264. The van der Waals surface area contributed by atoms with Crippen LogP contribution in [0.15, 0.2) is 22.7 Å². The molecule has 0 aliphatic heterocycles. The number of nitrogens with one attached hydrogen (secondary N) is 1. The molecule has 0 amide bonds. The van der Waals surface area contributed by atoms with Gasteiger partial charge in [-0.15, -0.1) is 0 Å². The molecule has 0 radical (unpaired) electrons. The van der Waals surface area contributed by atoms with E-state index in [9.17, 15) is 5.11 Å².